The third-order valence-electron chi connectivity index (χ3n) is 3.30. The summed E-state index contributed by atoms with van der Waals surface area (Å²) in [7, 11) is 0. The summed E-state index contributed by atoms with van der Waals surface area (Å²) >= 11 is 0. The molecule has 1 fully saturated rings. The van der Waals surface area contributed by atoms with Crippen LogP contribution in [0.5, 0.6) is 0 Å². The van der Waals surface area contributed by atoms with Gasteiger partial charge in [-0.3, -0.25) is 9.78 Å². The largest absolute Gasteiger partial charge is 0.379 e. The van der Waals surface area contributed by atoms with Gasteiger partial charge in [-0.15, -0.1) is 0 Å². The molecule has 0 saturated carbocycles. The fourth-order valence-electron chi connectivity index (χ4n) is 2.40. The number of rotatable bonds is 3. The van der Waals surface area contributed by atoms with Gasteiger partial charge >= 0.3 is 0 Å². The van der Waals surface area contributed by atoms with Crippen molar-refractivity contribution in [1.29, 1.82) is 0 Å². The van der Waals surface area contributed by atoms with E-state index in [9.17, 15) is 4.79 Å². The quantitative estimate of drug-likeness (QED) is 0.582. The minimum absolute atomic E-state index is 0.0708. The Hall–Kier alpha value is -1.93. The Bertz CT molecular complexity index is 648. The SMILES string of the molecule is CCNC1COCC1c1nc2nc(N)[nH]c(=O)c2[nH]1. The molecule has 102 valence electrons. The predicted molar refractivity (Wildman–Crippen MR) is 69.9 cm³/mol. The summed E-state index contributed by atoms with van der Waals surface area (Å²) in [5.41, 5.74) is 5.90. The van der Waals surface area contributed by atoms with Crippen LogP contribution in [-0.4, -0.2) is 45.7 Å². The maximum absolute atomic E-state index is 11.7. The molecule has 1 aliphatic rings. The number of imidazole rings is 1. The third-order valence-corrected chi connectivity index (χ3v) is 3.30. The van der Waals surface area contributed by atoms with Crippen LogP contribution in [-0.2, 0) is 4.74 Å². The van der Waals surface area contributed by atoms with Crippen LogP contribution in [0.25, 0.3) is 11.2 Å². The van der Waals surface area contributed by atoms with E-state index in [-0.39, 0.29) is 23.5 Å². The average molecular weight is 264 g/mol. The van der Waals surface area contributed by atoms with Crippen molar-refractivity contribution >= 4 is 17.1 Å². The van der Waals surface area contributed by atoms with E-state index in [1.165, 1.54) is 0 Å². The first-order valence-electron chi connectivity index (χ1n) is 6.25. The number of nitrogens with one attached hydrogen (secondary N) is 3. The van der Waals surface area contributed by atoms with Crippen LogP contribution in [0, 0.1) is 0 Å². The monoisotopic (exact) mass is 264 g/mol. The van der Waals surface area contributed by atoms with Crippen LogP contribution in [0.2, 0.25) is 0 Å². The second kappa shape index (κ2) is 4.63. The standard InChI is InChI=1S/C11H16N6O2/c1-2-13-6-4-19-3-5(6)8-14-7-9(15-8)16-11(12)17-10(7)18/h5-6,13H,2-4H2,1H3,(H4,12,14,15,16,17,18). The van der Waals surface area contributed by atoms with E-state index in [4.69, 9.17) is 10.5 Å². The van der Waals surface area contributed by atoms with Gasteiger partial charge in [-0.05, 0) is 6.54 Å². The van der Waals surface area contributed by atoms with Crippen molar-refractivity contribution < 1.29 is 4.74 Å². The number of hydrogen-bond donors (Lipinski definition) is 4. The molecule has 0 aromatic carbocycles. The van der Waals surface area contributed by atoms with E-state index in [1.807, 2.05) is 6.92 Å². The zero-order chi connectivity index (χ0) is 13.4. The molecule has 3 rings (SSSR count). The highest BCUT2D eigenvalue weighted by atomic mass is 16.5. The van der Waals surface area contributed by atoms with Crippen molar-refractivity contribution in [2.75, 3.05) is 25.5 Å². The molecule has 0 aliphatic carbocycles. The van der Waals surface area contributed by atoms with Gasteiger partial charge < -0.3 is 20.8 Å². The molecule has 1 aliphatic heterocycles. The van der Waals surface area contributed by atoms with E-state index in [0.717, 1.165) is 6.54 Å². The van der Waals surface area contributed by atoms with Crippen LogP contribution < -0.4 is 16.6 Å². The lowest BCUT2D eigenvalue weighted by Crippen LogP contribution is -2.34. The van der Waals surface area contributed by atoms with Crippen molar-refractivity contribution in [1.82, 2.24) is 25.3 Å². The van der Waals surface area contributed by atoms with Crippen LogP contribution in [0.4, 0.5) is 5.95 Å². The van der Waals surface area contributed by atoms with E-state index in [0.29, 0.717) is 30.2 Å². The first-order valence-corrected chi connectivity index (χ1v) is 6.25. The van der Waals surface area contributed by atoms with Gasteiger partial charge in [-0.2, -0.15) is 4.98 Å². The van der Waals surface area contributed by atoms with Gasteiger partial charge in [0.2, 0.25) is 5.95 Å². The topological polar surface area (TPSA) is 122 Å². The summed E-state index contributed by atoms with van der Waals surface area (Å²) in [6.45, 7) is 4.11. The van der Waals surface area contributed by atoms with Crippen LogP contribution in [0.1, 0.15) is 18.7 Å². The lowest BCUT2D eigenvalue weighted by Gasteiger charge is -2.15. The van der Waals surface area contributed by atoms with Crippen molar-refractivity contribution in [3.63, 3.8) is 0 Å². The lowest BCUT2D eigenvalue weighted by atomic mass is 10.0. The molecule has 2 aromatic rings. The van der Waals surface area contributed by atoms with Gasteiger partial charge in [0.05, 0.1) is 19.1 Å². The van der Waals surface area contributed by atoms with Crippen LogP contribution in [0.15, 0.2) is 4.79 Å². The molecule has 8 heteroatoms. The second-order valence-electron chi connectivity index (χ2n) is 4.58. The minimum atomic E-state index is -0.305. The molecule has 0 radical (unpaired) electrons. The van der Waals surface area contributed by atoms with Crippen molar-refractivity contribution in [2.45, 2.75) is 18.9 Å². The molecule has 5 N–H and O–H groups in total. The van der Waals surface area contributed by atoms with Crippen molar-refractivity contribution in [2.24, 2.45) is 0 Å². The molecule has 2 atom stereocenters. The summed E-state index contributed by atoms with van der Waals surface area (Å²) < 4.78 is 5.47. The molecular formula is C11H16N6O2. The Morgan fingerprint density at radius 2 is 2.26 bits per heavy atom. The number of ether oxygens (including phenoxy) is 1. The number of nitrogens with zero attached hydrogens (tertiary/aromatic N) is 2. The van der Waals surface area contributed by atoms with Crippen molar-refractivity contribution in [3.05, 3.63) is 16.2 Å². The fraction of sp³-hybridized carbons (Fsp3) is 0.545. The highest BCUT2D eigenvalue weighted by Crippen LogP contribution is 2.24. The van der Waals surface area contributed by atoms with Gasteiger partial charge in [0.1, 0.15) is 5.82 Å². The third kappa shape index (κ3) is 2.08. The first-order chi connectivity index (χ1) is 9.19. The zero-order valence-electron chi connectivity index (χ0n) is 10.6. The number of anilines is 1. The van der Waals surface area contributed by atoms with Gasteiger partial charge in [-0.1, -0.05) is 6.92 Å². The first kappa shape index (κ1) is 12.1. The Kier molecular flexibility index (Phi) is 2.96. The molecule has 0 spiro atoms. The molecule has 8 nitrogen and oxygen atoms in total. The highest BCUT2D eigenvalue weighted by Gasteiger charge is 2.31. The normalized spacial score (nSPS) is 23.2. The molecule has 2 unspecified atom stereocenters. The maximum Gasteiger partial charge on any atom is 0.278 e. The smallest absolute Gasteiger partial charge is 0.278 e. The summed E-state index contributed by atoms with van der Waals surface area (Å²) in [5.74, 6) is 0.873. The minimum Gasteiger partial charge on any atom is -0.379 e. The summed E-state index contributed by atoms with van der Waals surface area (Å²) in [6, 6.07) is 0.196. The van der Waals surface area contributed by atoms with E-state index in [2.05, 4.69) is 25.3 Å². The van der Waals surface area contributed by atoms with Crippen LogP contribution in [0.3, 0.4) is 0 Å². The summed E-state index contributed by atoms with van der Waals surface area (Å²) in [4.78, 5) is 25.6. The number of nitrogen functional groups attached to an aromatic ring is 1. The molecular weight excluding hydrogens is 248 g/mol. The van der Waals surface area contributed by atoms with Gasteiger partial charge in [-0.25, -0.2) is 4.98 Å². The van der Waals surface area contributed by atoms with E-state index < -0.39 is 0 Å². The predicted octanol–water partition coefficient (Wildman–Crippen LogP) is -0.680. The lowest BCUT2D eigenvalue weighted by molar-refractivity contribution is 0.187. The number of hydrogen-bond acceptors (Lipinski definition) is 6. The van der Waals surface area contributed by atoms with E-state index in [1.54, 1.807) is 0 Å². The maximum atomic E-state index is 11.7. The summed E-state index contributed by atoms with van der Waals surface area (Å²) in [5, 5.41) is 3.35. The molecule has 19 heavy (non-hydrogen) atoms. The average Bonchev–Trinajstić information content (AvgIpc) is 2.95. The second-order valence-corrected chi connectivity index (χ2v) is 4.58. The van der Waals surface area contributed by atoms with Crippen LogP contribution >= 0.6 is 0 Å². The number of aromatic amines is 2. The van der Waals surface area contributed by atoms with Gasteiger partial charge in [0, 0.05) is 6.04 Å². The molecule has 1 saturated heterocycles. The summed E-state index contributed by atoms with van der Waals surface area (Å²) in [6.07, 6.45) is 0. The number of nitrogens with two attached hydrogens (primary N) is 1. The molecule has 3 heterocycles. The number of likely N-dealkylation sites (N-methyl/N-ethyl adjacent to an activating group) is 1. The van der Waals surface area contributed by atoms with E-state index >= 15 is 0 Å². The fourth-order valence-corrected chi connectivity index (χ4v) is 2.40. The Balaban J connectivity index is 2.01. The Morgan fingerprint density at radius 1 is 1.42 bits per heavy atom. The van der Waals surface area contributed by atoms with Crippen molar-refractivity contribution in [3.8, 4) is 0 Å². The Labute approximate surface area is 108 Å². The number of aromatic nitrogens is 4. The molecule has 0 bridgehead atoms. The van der Waals surface area contributed by atoms with Gasteiger partial charge in [0.15, 0.2) is 11.2 Å². The Morgan fingerprint density at radius 3 is 3.05 bits per heavy atom. The number of fused-ring (bicyclic) bond motifs is 1. The van der Waals surface area contributed by atoms with Gasteiger partial charge in [0.25, 0.3) is 5.56 Å². The zero-order valence-corrected chi connectivity index (χ0v) is 10.6. The highest BCUT2D eigenvalue weighted by molar-refractivity contribution is 5.70. The number of H-pyrrole nitrogens is 2. The molecule has 0 amide bonds. The molecule has 2 aromatic heterocycles.